The Kier molecular flexibility index (Phi) is 24.1. The first-order chi connectivity index (χ1) is 67.7. The Morgan fingerprint density at radius 2 is 0.855 bits per heavy atom. The fourth-order valence-corrected chi connectivity index (χ4v) is 19.4. The van der Waals surface area contributed by atoms with E-state index < -0.39 is 0 Å². The zero-order chi connectivity index (χ0) is 93.6. The third kappa shape index (κ3) is 16.8. The highest BCUT2D eigenvalue weighted by Gasteiger charge is 2.42. The van der Waals surface area contributed by atoms with E-state index in [1.807, 2.05) is 187 Å². The van der Waals surface area contributed by atoms with Crippen LogP contribution in [-0.2, 0) is 56.7 Å². The molecule has 0 radical (unpaired) electrons. The van der Waals surface area contributed by atoms with E-state index in [0.717, 1.165) is 148 Å². The molecule has 5 amide bonds. The first-order valence-electron chi connectivity index (χ1n) is 46.3. The van der Waals surface area contributed by atoms with E-state index in [2.05, 4.69) is 101 Å². The van der Waals surface area contributed by atoms with Gasteiger partial charge in [-0.3, -0.25) is 85.3 Å². The highest BCUT2D eigenvalue weighted by Crippen LogP contribution is 2.38. The lowest BCUT2D eigenvalue weighted by molar-refractivity contribution is -0.00786. The van der Waals surface area contributed by atoms with Gasteiger partial charge in [-0.15, -0.1) is 10.2 Å². The van der Waals surface area contributed by atoms with Crippen molar-refractivity contribution in [1.82, 2.24) is 121 Å². The number of hydrogen-bond acceptors (Lipinski definition) is 25. The maximum absolute atomic E-state index is 13.3. The van der Waals surface area contributed by atoms with Crippen LogP contribution >= 0.6 is 0 Å². The Morgan fingerprint density at radius 3 is 1.38 bits per heavy atom. The van der Waals surface area contributed by atoms with Crippen molar-refractivity contribution < 1.29 is 52.8 Å². The minimum atomic E-state index is -0.0701. The minimum absolute atomic E-state index is 0.00453. The summed E-state index contributed by atoms with van der Waals surface area (Å²) in [7, 11) is 1.89. The molecule has 17 aromatic rings. The number of pyridine rings is 10. The number of hydrogen-bond donors (Lipinski definition) is 1. The number of fused-ring (bicyclic) bond motifs is 12. The van der Waals surface area contributed by atoms with Crippen LogP contribution in [-0.4, -0.2) is 299 Å². The van der Waals surface area contributed by atoms with Gasteiger partial charge in [-0.05, 0) is 129 Å². The van der Waals surface area contributed by atoms with Gasteiger partial charge in [0.15, 0.2) is 5.65 Å². The molecule has 2 aliphatic carbocycles. The number of carbonyl (C=O) groups is 5. The van der Waals surface area contributed by atoms with Crippen molar-refractivity contribution in [2.24, 2.45) is 12.0 Å². The van der Waals surface area contributed by atoms with Crippen LogP contribution in [0.4, 0.5) is 0 Å². The number of aliphatic hydroxyl groups is 1. The molecule has 0 spiro atoms. The van der Waals surface area contributed by atoms with Crippen LogP contribution in [0.1, 0.15) is 110 Å². The van der Waals surface area contributed by atoms with E-state index >= 15 is 0 Å². The molecule has 26 rings (SSSR count). The van der Waals surface area contributed by atoms with Crippen molar-refractivity contribution >= 4 is 97.9 Å². The predicted octanol–water partition coefficient (Wildman–Crippen LogP) is 10.2. The van der Waals surface area contributed by atoms with Gasteiger partial charge in [0.05, 0.1) is 164 Å². The van der Waals surface area contributed by atoms with Gasteiger partial charge >= 0.3 is 0 Å². The number of ether oxygens (including phenoxy) is 5. The van der Waals surface area contributed by atoms with Crippen LogP contribution in [0.3, 0.4) is 0 Å². The quantitative estimate of drug-likeness (QED) is 0.119. The molecule has 7 aliphatic heterocycles. The molecule has 17 aromatic heterocycles. The molecule has 6 fully saturated rings. The fourth-order valence-electron chi connectivity index (χ4n) is 19.4. The standard InChI is InChI=1S/C21H20N6O2.C21H20N4O2.C20H20N6O3.C20H18N4O2.C19H18N6O2/c1-12-16-6-22-7-18(16)17(8-23-12)13-2-5-19-24-25-20(26(19)9-13)21(28)27-14-3-4-15(27)11-29-10-14;1-14-16-3-2-4-17(16)18(11-22-14)15-5-6-20-23-12-19(25(20)13-15)21(26)24-7-9-27-10-8-24;27-6-3-26-17-11-21-9-15(16(17)10-23-26)14-1-2-19-22-12-18(25(19)13-14)20(28)24-4-7-29-8-5-24;25-20(23-6-8-26-9-7-23)18-12-22-19-5-4-15(13-24(18)19)16-10-14-2-1-3-17(14)21-11-16;1-23-16-10-20-8-14(15(16)9-22-23)13-2-3-18-21-11-17(25(18)12-13)19(26)24-4-6-27-7-5-24/h2,5,7-9,14-15H,3-4,6,10-11H2,1H3;2,4-6,11-13H,3,7-10H2,1H3;1-2,9-13,27H,3-8H2;1,3-5,10-13H,2,6-9H2;2-3,8-12H,4-7H2,1H3. The number of aromatic nitrogens is 20. The monoisotopic (exact) mass is 1850 g/mol. The molecule has 0 aromatic carbocycles. The summed E-state index contributed by atoms with van der Waals surface area (Å²) in [5.41, 5.74) is 26.7. The van der Waals surface area contributed by atoms with Gasteiger partial charge in [0.2, 0.25) is 5.82 Å². The van der Waals surface area contributed by atoms with Crippen molar-refractivity contribution in [3.8, 4) is 55.6 Å². The van der Waals surface area contributed by atoms with Crippen LogP contribution in [0, 0.1) is 13.8 Å². The molecular weight excluding hydrogens is 1750 g/mol. The smallest absolute Gasteiger partial charge is 0.292 e. The number of morpholine rings is 5. The lowest BCUT2D eigenvalue weighted by Gasteiger charge is -2.34. The maximum atomic E-state index is 13.3. The zero-order valence-corrected chi connectivity index (χ0v) is 76.1. The van der Waals surface area contributed by atoms with E-state index in [-0.39, 0.29) is 48.2 Å². The molecule has 2 atom stereocenters. The Bertz CT molecular complexity index is 7710. The largest absolute Gasteiger partial charge is 0.394 e. The molecule has 9 aliphatic rings. The summed E-state index contributed by atoms with van der Waals surface area (Å²) < 4.78 is 39.8. The second kappa shape index (κ2) is 37.9. The van der Waals surface area contributed by atoms with Gasteiger partial charge in [-0.1, -0.05) is 18.2 Å². The topological polar surface area (TPSA) is 380 Å². The number of aliphatic imine (C=N–C) groups is 1. The summed E-state index contributed by atoms with van der Waals surface area (Å²) in [4.78, 5) is 119. The lowest BCUT2D eigenvalue weighted by atomic mass is 9.99. The molecular formula is C101H96N26O11. The van der Waals surface area contributed by atoms with Crippen molar-refractivity contribution in [3.05, 3.63) is 264 Å². The van der Waals surface area contributed by atoms with Gasteiger partial charge in [0, 0.05) is 217 Å². The van der Waals surface area contributed by atoms with Crippen molar-refractivity contribution in [2.45, 2.75) is 64.7 Å². The molecule has 0 saturated carbocycles. The first kappa shape index (κ1) is 87.7. The van der Waals surface area contributed by atoms with E-state index in [1.54, 1.807) is 68.2 Å². The third-order valence-corrected chi connectivity index (χ3v) is 26.9. The number of nitrogens with zero attached hydrogens (tertiary/aromatic N) is 26. The summed E-state index contributed by atoms with van der Waals surface area (Å²) in [6.45, 7) is 15.8. The summed E-state index contributed by atoms with van der Waals surface area (Å²) in [5.74, 6) is 0.195. The number of aliphatic hydroxyl groups excluding tert-OH is 1. The average Bonchev–Trinajstić information content (AvgIpc) is 1.48. The molecule has 138 heavy (non-hydrogen) atoms. The second-order valence-electron chi connectivity index (χ2n) is 34.9. The van der Waals surface area contributed by atoms with E-state index in [1.165, 1.54) is 16.7 Å². The number of aryl methyl sites for hydroxylation is 3. The number of carbonyl (C=O) groups excluding carboxylic acids is 5. The van der Waals surface area contributed by atoms with Crippen LogP contribution in [0.25, 0.3) is 118 Å². The highest BCUT2D eigenvalue weighted by atomic mass is 16.5. The number of imidazole rings is 4. The molecule has 1 N–H and O–H groups in total. The van der Waals surface area contributed by atoms with E-state index in [4.69, 9.17) is 23.7 Å². The average molecular weight is 1850 g/mol. The Morgan fingerprint density at radius 1 is 0.406 bits per heavy atom. The molecule has 2 unspecified atom stereocenters. The Balaban J connectivity index is 0.0000000996. The summed E-state index contributed by atoms with van der Waals surface area (Å²) >= 11 is 0. The zero-order valence-electron chi connectivity index (χ0n) is 76.1. The van der Waals surface area contributed by atoms with Crippen molar-refractivity contribution in [2.75, 3.05) is 125 Å². The normalized spacial score (nSPS) is 16.9. The summed E-state index contributed by atoms with van der Waals surface area (Å²) in [6, 6.07) is 22.1. The number of amides is 5. The Labute approximate surface area is 789 Å². The SMILES string of the molecule is Cc1ncc(-c2ccc3ncc(C(=O)N4CCOCC4)n3c2)c2c1CC=C2.Cc1ncc(-c2ccc3nnc(C(=O)N4C5CCC4COC5)n3c2)c2c1CN=C2.Cn1ncc2c(-c3ccc4ncc(C(=O)N5CCOCC5)n4c3)cncc21.O=C(c1cnc2ccc(-c3cnc4c(c3)CC=C4)cn12)N1CCOCC1.O=C(c1cnc2ccc(-c3cncc4c3cnn4CCO)cn12)N1CCOCC1. The molecule has 37 heteroatoms. The first-order valence-corrected chi connectivity index (χ1v) is 46.3. The maximum Gasteiger partial charge on any atom is 0.292 e. The van der Waals surface area contributed by atoms with Crippen LogP contribution in [0.15, 0.2) is 195 Å². The Hall–Kier alpha value is -15.7. The number of rotatable bonds is 12. The van der Waals surface area contributed by atoms with E-state index in [0.29, 0.717) is 171 Å². The van der Waals surface area contributed by atoms with E-state index in [9.17, 15) is 29.1 Å². The van der Waals surface area contributed by atoms with Crippen LogP contribution in [0.2, 0.25) is 0 Å². The molecule has 696 valence electrons. The molecule has 24 heterocycles. The highest BCUT2D eigenvalue weighted by molar-refractivity contribution is 6.00. The summed E-state index contributed by atoms with van der Waals surface area (Å²) in [6.07, 6.45) is 47.0. The molecule has 37 nitrogen and oxygen atoms in total. The van der Waals surface area contributed by atoms with Gasteiger partial charge < -0.3 is 53.3 Å². The summed E-state index contributed by atoms with van der Waals surface area (Å²) in [5, 5.41) is 28.3. The lowest BCUT2D eigenvalue weighted by Crippen LogP contribution is -2.49. The van der Waals surface area contributed by atoms with Crippen molar-refractivity contribution in [1.29, 1.82) is 0 Å². The van der Waals surface area contributed by atoms with Gasteiger partial charge in [0.1, 0.15) is 45.4 Å². The second-order valence-corrected chi connectivity index (χ2v) is 34.9. The fraction of sp³-hybridized carbons (Fsp3) is 0.297. The number of allylic oxidation sites excluding steroid dienone is 2. The van der Waals surface area contributed by atoms with Crippen LogP contribution < -0.4 is 0 Å². The molecule has 6 saturated heterocycles. The van der Waals surface area contributed by atoms with Gasteiger partial charge in [-0.25, -0.2) is 19.9 Å². The minimum Gasteiger partial charge on any atom is -0.394 e. The third-order valence-electron chi connectivity index (χ3n) is 26.9. The van der Waals surface area contributed by atoms with Gasteiger partial charge in [-0.2, -0.15) is 10.2 Å². The molecule has 2 bridgehead atoms. The van der Waals surface area contributed by atoms with Crippen LogP contribution in [0.5, 0.6) is 0 Å². The van der Waals surface area contributed by atoms with Crippen molar-refractivity contribution in [3.63, 3.8) is 0 Å². The van der Waals surface area contributed by atoms with Gasteiger partial charge in [0.25, 0.3) is 29.5 Å². The predicted molar refractivity (Wildman–Crippen MR) is 511 cm³/mol.